The maximum absolute atomic E-state index is 11.6. The molecule has 0 saturated carbocycles. The molecule has 0 aliphatic heterocycles. The lowest BCUT2D eigenvalue weighted by Crippen LogP contribution is -2.41. The van der Waals surface area contributed by atoms with E-state index < -0.39 is 11.8 Å². The number of hydrogen-bond acceptors (Lipinski definition) is 3. The summed E-state index contributed by atoms with van der Waals surface area (Å²) in [6.07, 6.45) is 0. The van der Waals surface area contributed by atoms with Crippen LogP contribution in [0.4, 0.5) is 0 Å². The van der Waals surface area contributed by atoms with Crippen molar-refractivity contribution in [1.82, 2.24) is 10.7 Å². The van der Waals surface area contributed by atoms with Crippen molar-refractivity contribution < 1.29 is 9.59 Å². The number of rotatable bonds is 3. The second-order valence-electron chi connectivity index (χ2n) is 5.33. The predicted molar refractivity (Wildman–Crippen MR) is 87.6 cm³/mol. The van der Waals surface area contributed by atoms with Gasteiger partial charge in [-0.05, 0) is 43.2 Å². The van der Waals surface area contributed by atoms with E-state index in [1.165, 1.54) is 0 Å². The highest BCUT2D eigenvalue weighted by Crippen LogP contribution is 2.16. The average Bonchev–Trinajstić information content (AvgIpc) is 2.51. The summed E-state index contributed by atoms with van der Waals surface area (Å²) < 4.78 is 0. The fourth-order valence-corrected chi connectivity index (χ4v) is 1.99. The largest absolute Gasteiger partial charge is 0.346 e. The van der Waals surface area contributed by atoms with Crippen LogP contribution in [-0.2, 0) is 9.59 Å². The van der Waals surface area contributed by atoms with E-state index in [1.807, 2.05) is 42.5 Å². The van der Waals surface area contributed by atoms with Gasteiger partial charge >= 0.3 is 11.8 Å². The molecular weight excluding hydrogens is 278 g/mol. The SMILES string of the molecule is C/C(=N/NC(=O)C(=O)NC(C)C)c1ccc2ccccc2c1. The molecule has 5 nitrogen and oxygen atoms in total. The van der Waals surface area contributed by atoms with Crippen molar-refractivity contribution in [2.75, 3.05) is 0 Å². The first-order valence-electron chi connectivity index (χ1n) is 7.11. The molecule has 2 aromatic carbocycles. The molecule has 2 N–H and O–H groups in total. The third-order valence-corrected chi connectivity index (χ3v) is 3.12. The van der Waals surface area contributed by atoms with Gasteiger partial charge in [0.15, 0.2) is 0 Å². The normalized spacial score (nSPS) is 11.5. The van der Waals surface area contributed by atoms with Gasteiger partial charge in [-0.15, -0.1) is 0 Å². The molecule has 0 aliphatic rings. The van der Waals surface area contributed by atoms with Gasteiger partial charge in [-0.3, -0.25) is 9.59 Å². The highest BCUT2D eigenvalue weighted by atomic mass is 16.2. The number of fused-ring (bicyclic) bond motifs is 1. The molecule has 114 valence electrons. The van der Waals surface area contributed by atoms with Gasteiger partial charge in [-0.25, -0.2) is 5.43 Å². The van der Waals surface area contributed by atoms with Crippen molar-refractivity contribution in [2.24, 2.45) is 5.10 Å². The van der Waals surface area contributed by atoms with Crippen LogP contribution in [0.25, 0.3) is 10.8 Å². The topological polar surface area (TPSA) is 70.6 Å². The Bertz CT molecular complexity index is 736. The smallest absolute Gasteiger partial charge is 0.329 e. The van der Waals surface area contributed by atoms with Crippen molar-refractivity contribution in [1.29, 1.82) is 0 Å². The van der Waals surface area contributed by atoms with Crippen molar-refractivity contribution in [3.8, 4) is 0 Å². The van der Waals surface area contributed by atoms with E-state index in [2.05, 4.69) is 15.8 Å². The van der Waals surface area contributed by atoms with Crippen LogP contribution in [0.15, 0.2) is 47.6 Å². The van der Waals surface area contributed by atoms with E-state index in [0.29, 0.717) is 5.71 Å². The molecule has 2 amide bonds. The molecule has 0 heterocycles. The summed E-state index contributed by atoms with van der Waals surface area (Å²) in [5, 5.41) is 8.73. The summed E-state index contributed by atoms with van der Waals surface area (Å²) in [5.41, 5.74) is 3.80. The predicted octanol–water partition coefficient (Wildman–Crippen LogP) is 2.20. The van der Waals surface area contributed by atoms with E-state index >= 15 is 0 Å². The second-order valence-corrected chi connectivity index (χ2v) is 5.33. The highest BCUT2D eigenvalue weighted by molar-refractivity contribution is 6.35. The van der Waals surface area contributed by atoms with E-state index in [1.54, 1.807) is 20.8 Å². The number of carbonyl (C=O) groups excluding carboxylic acids is 2. The van der Waals surface area contributed by atoms with Gasteiger partial charge in [-0.2, -0.15) is 5.10 Å². The van der Waals surface area contributed by atoms with Gasteiger partial charge in [0.2, 0.25) is 0 Å². The average molecular weight is 297 g/mol. The Morgan fingerprint density at radius 3 is 2.36 bits per heavy atom. The Morgan fingerprint density at radius 2 is 1.68 bits per heavy atom. The molecule has 0 aromatic heterocycles. The van der Waals surface area contributed by atoms with E-state index in [0.717, 1.165) is 16.3 Å². The number of amides is 2. The number of carbonyl (C=O) groups is 2. The Kier molecular flexibility index (Phi) is 4.88. The lowest BCUT2D eigenvalue weighted by molar-refractivity contribution is -0.139. The third-order valence-electron chi connectivity index (χ3n) is 3.12. The fourth-order valence-electron chi connectivity index (χ4n) is 1.99. The van der Waals surface area contributed by atoms with E-state index in [4.69, 9.17) is 0 Å². The standard InChI is InChI=1S/C17H19N3O2/c1-11(2)18-16(21)17(22)20-19-12(3)14-9-8-13-6-4-5-7-15(13)10-14/h4-11H,1-3H3,(H,18,21)(H,20,22)/b19-12-. The molecular formula is C17H19N3O2. The van der Waals surface area contributed by atoms with Crippen LogP contribution in [0.5, 0.6) is 0 Å². The molecule has 0 radical (unpaired) electrons. The van der Waals surface area contributed by atoms with Crippen molar-refractivity contribution in [3.63, 3.8) is 0 Å². The van der Waals surface area contributed by atoms with Crippen molar-refractivity contribution in [3.05, 3.63) is 48.0 Å². The molecule has 0 bridgehead atoms. The van der Waals surface area contributed by atoms with Gasteiger partial charge in [0.1, 0.15) is 0 Å². The first-order chi connectivity index (χ1) is 10.5. The number of hydrogen-bond donors (Lipinski definition) is 2. The molecule has 0 aliphatic carbocycles. The minimum Gasteiger partial charge on any atom is -0.346 e. The zero-order valence-electron chi connectivity index (χ0n) is 12.9. The fraction of sp³-hybridized carbons (Fsp3) is 0.235. The van der Waals surface area contributed by atoms with Gasteiger partial charge in [0.25, 0.3) is 0 Å². The quantitative estimate of drug-likeness (QED) is 0.518. The molecule has 0 spiro atoms. The summed E-state index contributed by atoms with van der Waals surface area (Å²) in [7, 11) is 0. The highest BCUT2D eigenvalue weighted by Gasteiger charge is 2.13. The maximum Gasteiger partial charge on any atom is 0.329 e. The molecule has 0 unspecified atom stereocenters. The van der Waals surface area contributed by atoms with E-state index in [-0.39, 0.29) is 6.04 Å². The molecule has 22 heavy (non-hydrogen) atoms. The lowest BCUT2D eigenvalue weighted by Gasteiger charge is -2.07. The second kappa shape index (κ2) is 6.85. The summed E-state index contributed by atoms with van der Waals surface area (Å²) in [6, 6.07) is 13.8. The minimum absolute atomic E-state index is 0.0937. The van der Waals surface area contributed by atoms with Crippen LogP contribution < -0.4 is 10.7 Å². The summed E-state index contributed by atoms with van der Waals surface area (Å²) in [5.74, 6) is -1.46. The summed E-state index contributed by atoms with van der Waals surface area (Å²) in [4.78, 5) is 23.1. The van der Waals surface area contributed by atoms with Gasteiger partial charge in [0, 0.05) is 6.04 Å². The van der Waals surface area contributed by atoms with Gasteiger partial charge in [-0.1, -0.05) is 36.4 Å². The zero-order valence-corrected chi connectivity index (χ0v) is 12.9. The Labute approximate surface area is 129 Å². The van der Waals surface area contributed by atoms with Crippen LogP contribution in [0, 0.1) is 0 Å². The van der Waals surface area contributed by atoms with Crippen molar-refractivity contribution >= 4 is 28.3 Å². The maximum atomic E-state index is 11.6. The zero-order chi connectivity index (χ0) is 16.1. The Morgan fingerprint density at radius 1 is 1.00 bits per heavy atom. The molecule has 0 saturated heterocycles. The number of benzene rings is 2. The number of nitrogens with one attached hydrogen (secondary N) is 2. The minimum atomic E-state index is -0.770. The third kappa shape index (κ3) is 3.91. The molecule has 5 heteroatoms. The van der Waals surface area contributed by atoms with Gasteiger partial charge in [0.05, 0.1) is 5.71 Å². The van der Waals surface area contributed by atoms with Gasteiger partial charge < -0.3 is 5.32 Å². The Hall–Kier alpha value is -2.69. The van der Waals surface area contributed by atoms with Crippen LogP contribution >= 0.6 is 0 Å². The van der Waals surface area contributed by atoms with Crippen LogP contribution in [0.2, 0.25) is 0 Å². The van der Waals surface area contributed by atoms with Crippen molar-refractivity contribution in [2.45, 2.75) is 26.8 Å². The summed E-state index contributed by atoms with van der Waals surface area (Å²) >= 11 is 0. The lowest BCUT2D eigenvalue weighted by atomic mass is 10.0. The molecule has 0 atom stereocenters. The number of hydrazone groups is 1. The molecule has 0 fully saturated rings. The Balaban J connectivity index is 2.10. The van der Waals surface area contributed by atoms with Crippen LogP contribution in [0.1, 0.15) is 26.3 Å². The van der Waals surface area contributed by atoms with Crippen LogP contribution in [0.3, 0.4) is 0 Å². The molecule has 2 aromatic rings. The first-order valence-corrected chi connectivity index (χ1v) is 7.11. The van der Waals surface area contributed by atoms with Crippen LogP contribution in [-0.4, -0.2) is 23.6 Å². The summed E-state index contributed by atoms with van der Waals surface area (Å²) in [6.45, 7) is 5.36. The first kappa shape index (κ1) is 15.7. The van der Waals surface area contributed by atoms with E-state index in [9.17, 15) is 9.59 Å². The monoisotopic (exact) mass is 297 g/mol. The number of nitrogens with zero attached hydrogens (tertiary/aromatic N) is 1. The molecule has 2 rings (SSSR count).